The molecular formula is C10H20N2S. The van der Waals surface area contributed by atoms with Crippen molar-refractivity contribution >= 4 is 17.6 Å². The fourth-order valence-corrected chi connectivity index (χ4v) is 3.02. The monoisotopic (exact) mass is 200 g/mol. The average Bonchev–Trinajstić information content (AvgIpc) is 2.21. The van der Waals surface area contributed by atoms with E-state index < -0.39 is 0 Å². The highest BCUT2D eigenvalue weighted by Gasteiger charge is 2.21. The molecule has 13 heavy (non-hydrogen) atoms. The first kappa shape index (κ1) is 10.9. The maximum Gasteiger partial charge on any atom is 0.109 e. The molecule has 0 aliphatic carbocycles. The first-order chi connectivity index (χ1) is 6.29. The third kappa shape index (κ3) is 2.90. The molecule has 76 valence electrons. The van der Waals surface area contributed by atoms with Crippen LogP contribution in [-0.2, 0) is 0 Å². The van der Waals surface area contributed by atoms with Gasteiger partial charge in [0.15, 0.2) is 0 Å². The van der Waals surface area contributed by atoms with Crippen molar-refractivity contribution in [1.82, 2.24) is 4.90 Å². The minimum absolute atomic E-state index is 0.480. The molecule has 1 heterocycles. The lowest BCUT2D eigenvalue weighted by Crippen LogP contribution is -2.37. The molecule has 1 fully saturated rings. The Morgan fingerprint density at radius 3 is 2.54 bits per heavy atom. The summed E-state index contributed by atoms with van der Waals surface area (Å²) >= 11 is 1.96. The van der Waals surface area contributed by atoms with Crippen LogP contribution in [0.2, 0.25) is 0 Å². The highest BCUT2D eigenvalue weighted by molar-refractivity contribution is 8.00. The number of nitrogens with zero attached hydrogens (tertiary/aromatic N) is 1. The summed E-state index contributed by atoms with van der Waals surface area (Å²) in [5.74, 6) is 2.10. The molecule has 0 bridgehead atoms. The maximum atomic E-state index is 8.05. The van der Waals surface area contributed by atoms with Gasteiger partial charge in [0.25, 0.3) is 0 Å². The molecule has 1 aliphatic rings. The molecule has 1 rings (SSSR count). The topological polar surface area (TPSA) is 27.1 Å². The highest BCUT2D eigenvalue weighted by atomic mass is 32.2. The third-order valence-electron chi connectivity index (χ3n) is 2.59. The largest absolute Gasteiger partial charge is 0.360 e. The summed E-state index contributed by atoms with van der Waals surface area (Å²) < 4.78 is 0. The molecule has 0 aromatic rings. The van der Waals surface area contributed by atoms with Crippen LogP contribution in [0, 0.1) is 5.41 Å². The van der Waals surface area contributed by atoms with Crippen molar-refractivity contribution in [2.45, 2.75) is 38.4 Å². The van der Waals surface area contributed by atoms with Gasteiger partial charge in [-0.1, -0.05) is 6.42 Å². The Bertz CT molecular complexity index is 160. The number of thioether (sulfide) groups is 1. The van der Waals surface area contributed by atoms with Crippen LogP contribution in [0.5, 0.6) is 0 Å². The van der Waals surface area contributed by atoms with E-state index in [0.717, 1.165) is 18.9 Å². The quantitative estimate of drug-likeness (QED) is 0.560. The van der Waals surface area contributed by atoms with Crippen LogP contribution < -0.4 is 0 Å². The zero-order valence-electron chi connectivity index (χ0n) is 8.68. The van der Waals surface area contributed by atoms with E-state index in [9.17, 15) is 0 Å². The van der Waals surface area contributed by atoms with Crippen molar-refractivity contribution in [3.63, 3.8) is 0 Å². The third-order valence-corrected chi connectivity index (χ3v) is 3.97. The summed E-state index contributed by atoms with van der Waals surface area (Å²) in [6.07, 6.45) is 3.86. The van der Waals surface area contributed by atoms with Crippen molar-refractivity contribution in [2.75, 3.05) is 18.8 Å². The molecule has 1 aliphatic heterocycles. The predicted octanol–water partition coefficient (Wildman–Crippen LogP) is 2.59. The molecule has 1 unspecified atom stereocenters. The van der Waals surface area contributed by atoms with Gasteiger partial charge in [-0.25, -0.2) is 0 Å². The van der Waals surface area contributed by atoms with Gasteiger partial charge in [0.05, 0.1) is 5.25 Å². The van der Waals surface area contributed by atoms with Crippen LogP contribution in [0.1, 0.15) is 33.1 Å². The Kier molecular flexibility index (Phi) is 4.64. The highest BCUT2D eigenvalue weighted by Crippen LogP contribution is 2.26. The molecule has 1 saturated heterocycles. The Hall–Kier alpha value is -0.180. The molecule has 0 spiro atoms. The van der Waals surface area contributed by atoms with Crippen molar-refractivity contribution in [3.8, 4) is 0 Å². The van der Waals surface area contributed by atoms with Crippen LogP contribution >= 0.6 is 11.8 Å². The predicted molar refractivity (Wildman–Crippen MR) is 60.7 cm³/mol. The Labute approximate surface area is 85.6 Å². The van der Waals surface area contributed by atoms with E-state index in [0.29, 0.717) is 5.25 Å². The smallest absolute Gasteiger partial charge is 0.109 e. The number of hydrogen-bond donors (Lipinski definition) is 1. The second kappa shape index (κ2) is 5.53. The van der Waals surface area contributed by atoms with E-state index in [2.05, 4.69) is 18.7 Å². The molecule has 2 nitrogen and oxygen atoms in total. The van der Waals surface area contributed by atoms with E-state index in [1.54, 1.807) is 0 Å². The zero-order valence-corrected chi connectivity index (χ0v) is 9.49. The minimum Gasteiger partial charge on any atom is -0.360 e. The summed E-state index contributed by atoms with van der Waals surface area (Å²) in [6, 6.07) is 0. The van der Waals surface area contributed by atoms with Gasteiger partial charge in [-0.15, -0.1) is 0 Å². The second-order valence-electron chi connectivity index (χ2n) is 3.41. The van der Waals surface area contributed by atoms with Crippen molar-refractivity contribution in [3.05, 3.63) is 0 Å². The number of rotatable bonds is 3. The van der Waals surface area contributed by atoms with Gasteiger partial charge in [0.1, 0.15) is 5.84 Å². The number of amidine groups is 1. The van der Waals surface area contributed by atoms with E-state index in [1.165, 1.54) is 25.0 Å². The van der Waals surface area contributed by atoms with Crippen LogP contribution in [0.15, 0.2) is 0 Å². The molecule has 1 atom stereocenters. The second-order valence-corrected chi connectivity index (χ2v) is 4.72. The fourth-order valence-electron chi connectivity index (χ4n) is 1.72. The van der Waals surface area contributed by atoms with Crippen LogP contribution in [0.25, 0.3) is 0 Å². The van der Waals surface area contributed by atoms with Crippen molar-refractivity contribution in [1.29, 1.82) is 5.41 Å². The zero-order chi connectivity index (χ0) is 9.68. The fraction of sp³-hybridized carbons (Fsp3) is 0.900. The van der Waals surface area contributed by atoms with Gasteiger partial charge >= 0.3 is 0 Å². The van der Waals surface area contributed by atoms with E-state index in [1.807, 2.05) is 11.8 Å². The Balaban J connectivity index is 2.44. The average molecular weight is 200 g/mol. The standard InChI is InChI=1S/C10H20N2S/c1-3-12(4-2)10(11)9-7-5-6-8-13-9/h9,11H,3-8H2,1-2H3. The first-order valence-corrected chi connectivity index (χ1v) is 6.29. The van der Waals surface area contributed by atoms with E-state index in [-0.39, 0.29) is 0 Å². The van der Waals surface area contributed by atoms with Gasteiger partial charge in [-0.3, -0.25) is 5.41 Å². The van der Waals surface area contributed by atoms with E-state index >= 15 is 0 Å². The van der Waals surface area contributed by atoms with Gasteiger partial charge in [0, 0.05) is 13.1 Å². The van der Waals surface area contributed by atoms with Gasteiger partial charge < -0.3 is 4.90 Å². The Morgan fingerprint density at radius 1 is 1.38 bits per heavy atom. The van der Waals surface area contributed by atoms with Crippen LogP contribution in [0.4, 0.5) is 0 Å². The van der Waals surface area contributed by atoms with Crippen molar-refractivity contribution < 1.29 is 0 Å². The summed E-state index contributed by atoms with van der Waals surface area (Å²) in [7, 11) is 0. The van der Waals surface area contributed by atoms with Gasteiger partial charge in [-0.2, -0.15) is 11.8 Å². The van der Waals surface area contributed by atoms with E-state index in [4.69, 9.17) is 5.41 Å². The van der Waals surface area contributed by atoms with Gasteiger partial charge in [0.2, 0.25) is 0 Å². The summed E-state index contributed by atoms with van der Waals surface area (Å²) in [4.78, 5) is 2.17. The maximum absolute atomic E-state index is 8.05. The number of nitrogens with one attached hydrogen (secondary N) is 1. The lowest BCUT2D eigenvalue weighted by molar-refractivity contribution is 0.449. The van der Waals surface area contributed by atoms with Crippen molar-refractivity contribution in [2.24, 2.45) is 0 Å². The molecule has 0 aromatic heterocycles. The normalized spacial score (nSPS) is 22.8. The molecule has 0 aromatic carbocycles. The molecule has 0 amide bonds. The molecule has 0 radical (unpaired) electrons. The van der Waals surface area contributed by atoms with Crippen LogP contribution in [0.3, 0.4) is 0 Å². The van der Waals surface area contributed by atoms with Gasteiger partial charge in [-0.05, 0) is 32.4 Å². The molecule has 1 N–H and O–H groups in total. The van der Waals surface area contributed by atoms with Crippen LogP contribution in [-0.4, -0.2) is 34.8 Å². The molecular weight excluding hydrogens is 180 g/mol. The minimum atomic E-state index is 0.480. The molecule has 0 saturated carbocycles. The summed E-state index contributed by atoms with van der Waals surface area (Å²) in [6.45, 7) is 6.22. The summed E-state index contributed by atoms with van der Waals surface area (Å²) in [5.41, 5.74) is 0. The summed E-state index contributed by atoms with van der Waals surface area (Å²) in [5, 5.41) is 8.53. The lowest BCUT2D eigenvalue weighted by Gasteiger charge is -2.29. The Morgan fingerprint density at radius 2 is 2.08 bits per heavy atom. The lowest BCUT2D eigenvalue weighted by atomic mass is 10.1. The number of hydrogen-bond acceptors (Lipinski definition) is 2. The molecule has 3 heteroatoms. The SMILES string of the molecule is CCN(CC)C(=N)C1CCCCS1. The first-order valence-electron chi connectivity index (χ1n) is 5.24.